The molecule has 8 heavy (non-hydrogen) atoms. The summed E-state index contributed by atoms with van der Waals surface area (Å²) in [5.74, 6) is 2.34. The van der Waals surface area contributed by atoms with E-state index in [9.17, 15) is 0 Å². The highest BCUT2D eigenvalue weighted by Crippen LogP contribution is 1.91. The van der Waals surface area contributed by atoms with Gasteiger partial charge in [-0.25, -0.2) is 0 Å². The molecule has 0 bridgehead atoms. The highest BCUT2D eigenvalue weighted by molar-refractivity contribution is 5.14. The second-order valence-corrected chi connectivity index (χ2v) is 1.25. The van der Waals surface area contributed by atoms with E-state index in [2.05, 4.69) is 16.1 Å². The van der Waals surface area contributed by atoms with E-state index in [1.54, 1.807) is 20.0 Å². The Morgan fingerprint density at radius 3 is 2.75 bits per heavy atom. The molecule has 0 aromatic rings. The predicted octanol–water partition coefficient (Wildman–Crippen LogP) is 1.61. The average molecular weight is 108 g/mol. The van der Waals surface area contributed by atoms with Crippen molar-refractivity contribution >= 4 is 0 Å². The largest absolute Gasteiger partial charge is 0.192 e. The van der Waals surface area contributed by atoms with Gasteiger partial charge in [-0.2, -0.15) is 10.2 Å². The van der Waals surface area contributed by atoms with Crippen molar-refractivity contribution in [3.63, 3.8) is 0 Å². The van der Waals surface area contributed by atoms with Crippen LogP contribution in [-0.2, 0) is 0 Å². The molecule has 0 aliphatic rings. The minimum atomic E-state index is 0.759. The molecule has 2 nitrogen and oxygen atoms in total. The van der Waals surface area contributed by atoms with Gasteiger partial charge in [0, 0.05) is 13.1 Å². The van der Waals surface area contributed by atoms with Crippen molar-refractivity contribution < 1.29 is 0 Å². The SMILES string of the molecule is C#C/C=C(/C)N=NC. The normalized spacial score (nSPS) is 11.9. The molecular weight excluding hydrogens is 100 g/mol. The van der Waals surface area contributed by atoms with E-state index in [0.717, 1.165) is 5.70 Å². The first-order valence-electron chi connectivity index (χ1n) is 2.24. The third-order valence-corrected chi connectivity index (χ3v) is 0.550. The number of hydrogen-bond acceptors (Lipinski definition) is 2. The molecule has 0 radical (unpaired) electrons. The minimum Gasteiger partial charge on any atom is -0.192 e. The van der Waals surface area contributed by atoms with Gasteiger partial charge in [-0.1, -0.05) is 5.92 Å². The van der Waals surface area contributed by atoms with Gasteiger partial charge in [0.2, 0.25) is 0 Å². The van der Waals surface area contributed by atoms with E-state index < -0.39 is 0 Å². The van der Waals surface area contributed by atoms with Crippen LogP contribution in [0.25, 0.3) is 0 Å². The van der Waals surface area contributed by atoms with Gasteiger partial charge >= 0.3 is 0 Å². The summed E-state index contributed by atoms with van der Waals surface area (Å²) in [5, 5.41) is 7.17. The third kappa shape index (κ3) is 3.10. The molecule has 0 saturated carbocycles. The van der Waals surface area contributed by atoms with E-state index in [1.165, 1.54) is 0 Å². The Hall–Kier alpha value is -1.10. The predicted molar refractivity (Wildman–Crippen MR) is 33.4 cm³/mol. The standard InChI is InChI=1S/C6H8N2/c1-4-5-6(2)8-7-3/h1,5H,2-3H3/b6-5-,8-7?. The number of hydrogen-bond donors (Lipinski definition) is 0. The van der Waals surface area contributed by atoms with Crippen LogP contribution < -0.4 is 0 Å². The van der Waals surface area contributed by atoms with Gasteiger partial charge in [0.1, 0.15) is 0 Å². The van der Waals surface area contributed by atoms with E-state index >= 15 is 0 Å². The Labute approximate surface area is 49.3 Å². The van der Waals surface area contributed by atoms with Gasteiger partial charge in [0.05, 0.1) is 5.70 Å². The van der Waals surface area contributed by atoms with Crippen LogP contribution in [0.1, 0.15) is 6.92 Å². The molecule has 0 N–H and O–H groups in total. The van der Waals surface area contributed by atoms with Crippen LogP contribution >= 0.6 is 0 Å². The summed E-state index contributed by atoms with van der Waals surface area (Å²) in [6.07, 6.45) is 6.49. The maximum absolute atomic E-state index is 4.93. The summed E-state index contributed by atoms with van der Waals surface area (Å²) in [5.41, 5.74) is 0.759. The highest BCUT2D eigenvalue weighted by Gasteiger charge is 1.74. The molecule has 0 atom stereocenters. The minimum absolute atomic E-state index is 0.759. The van der Waals surface area contributed by atoms with Crippen LogP contribution in [0.5, 0.6) is 0 Å². The number of terminal acetylenes is 1. The summed E-state index contributed by atoms with van der Waals surface area (Å²) in [4.78, 5) is 0. The molecule has 0 saturated heterocycles. The number of nitrogens with zero attached hydrogens (tertiary/aromatic N) is 2. The van der Waals surface area contributed by atoms with Crippen molar-refractivity contribution in [3.05, 3.63) is 11.8 Å². The molecule has 0 aromatic heterocycles. The molecule has 0 fully saturated rings. The maximum atomic E-state index is 4.93. The monoisotopic (exact) mass is 108 g/mol. The van der Waals surface area contributed by atoms with Crippen LogP contribution in [-0.4, -0.2) is 7.05 Å². The van der Waals surface area contributed by atoms with Crippen molar-refractivity contribution in [2.45, 2.75) is 6.92 Å². The van der Waals surface area contributed by atoms with Gasteiger partial charge < -0.3 is 0 Å². The van der Waals surface area contributed by atoms with Crippen molar-refractivity contribution in [1.82, 2.24) is 0 Å². The van der Waals surface area contributed by atoms with Crippen LogP contribution in [0.4, 0.5) is 0 Å². The lowest BCUT2D eigenvalue weighted by Gasteiger charge is -1.79. The Morgan fingerprint density at radius 1 is 1.75 bits per heavy atom. The average Bonchev–Trinajstić information content (AvgIpc) is 1.68. The Bertz CT molecular complexity index is 148. The Balaban J connectivity index is 3.85. The third-order valence-electron chi connectivity index (χ3n) is 0.550. The maximum Gasteiger partial charge on any atom is 0.0678 e. The molecule has 0 unspecified atom stereocenters. The van der Waals surface area contributed by atoms with Crippen molar-refractivity contribution in [3.8, 4) is 12.3 Å². The topological polar surface area (TPSA) is 24.7 Å². The van der Waals surface area contributed by atoms with Gasteiger partial charge in [-0.3, -0.25) is 0 Å². The second-order valence-electron chi connectivity index (χ2n) is 1.25. The lowest BCUT2D eigenvalue weighted by molar-refractivity contribution is 1.08. The van der Waals surface area contributed by atoms with Crippen LogP contribution in [0, 0.1) is 12.3 Å². The molecule has 0 rings (SSSR count). The summed E-state index contributed by atoms with van der Waals surface area (Å²) in [6, 6.07) is 0. The quantitative estimate of drug-likeness (QED) is 0.360. The molecule has 42 valence electrons. The van der Waals surface area contributed by atoms with Crippen LogP contribution in [0.3, 0.4) is 0 Å². The molecule has 0 aliphatic carbocycles. The highest BCUT2D eigenvalue weighted by atomic mass is 15.1. The van der Waals surface area contributed by atoms with E-state index in [-0.39, 0.29) is 0 Å². The van der Waals surface area contributed by atoms with Crippen molar-refractivity contribution in [2.24, 2.45) is 10.2 Å². The van der Waals surface area contributed by atoms with Gasteiger partial charge in [-0.05, 0) is 6.92 Å². The van der Waals surface area contributed by atoms with Crippen molar-refractivity contribution in [1.29, 1.82) is 0 Å². The fourth-order valence-electron chi connectivity index (χ4n) is 0.307. The van der Waals surface area contributed by atoms with Gasteiger partial charge in [0.25, 0.3) is 0 Å². The molecule has 0 amide bonds. The molecule has 0 spiro atoms. The second kappa shape index (κ2) is 4.07. The zero-order chi connectivity index (χ0) is 6.41. The van der Waals surface area contributed by atoms with Gasteiger partial charge in [0.15, 0.2) is 0 Å². The summed E-state index contributed by atoms with van der Waals surface area (Å²) >= 11 is 0. The first kappa shape index (κ1) is 6.90. The molecule has 0 aromatic carbocycles. The molecule has 2 heteroatoms. The Morgan fingerprint density at radius 2 is 2.38 bits per heavy atom. The molecule has 0 heterocycles. The summed E-state index contributed by atoms with van der Waals surface area (Å²) < 4.78 is 0. The zero-order valence-electron chi connectivity index (χ0n) is 5.05. The zero-order valence-corrected chi connectivity index (χ0v) is 5.05. The van der Waals surface area contributed by atoms with E-state index in [0.29, 0.717) is 0 Å². The van der Waals surface area contributed by atoms with Gasteiger partial charge in [-0.15, -0.1) is 6.42 Å². The lowest BCUT2D eigenvalue weighted by atomic mass is 10.5. The molecular formula is C6H8N2. The van der Waals surface area contributed by atoms with Crippen LogP contribution in [0.2, 0.25) is 0 Å². The van der Waals surface area contributed by atoms with E-state index in [1.807, 2.05) is 0 Å². The van der Waals surface area contributed by atoms with Crippen LogP contribution in [0.15, 0.2) is 22.0 Å². The smallest absolute Gasteiger partial charge is 0.0678 e. The van der Waals surface area contributed by atoms with E-state index in [4.69, 9.17) is 6.42 Å². The first-order valence-corrected chi connectivity index (χ1v) is 2.24. The lowest BCUT2D eigenvalue weighted by Crippen LogP contribution is -1.62. The number of rotatable bonds is 1. The van der Waals surface area contributed by atoms with Crippen molar-refractivity contribution in [2.75, 3.05) is 7.05 Å². The first-order chi connectivity index (χ1) is 3.81. The Kier molecular flexibility index (Phi) is 3.51. The number of azo groups is 1. The molecule has 0 aliphatic heterocycles. The fraction of sp³-hybridized carbons (Fsp3) is 0.333. The number of allylic oxidation sites excluding steroid dienone is 2. The summed E-state index contributed by atoms with van der Waals surface area (Å²) in [6.45, 7) is 1.80. The fourth-order valence-corrected chi connectivity index (χ4v) is 0.307. The summed E-state index contributed by atoms with van der Waals surface area (Å²) in [7, 11) is 1.61.